The minimum absolute atomic E-state index is 0.214. The normalized spacial score (nSPS) is 16.1. The number of aromatic carboxylic acids is 1. The molecule has 3 rings (SSSR count). The molecule has 1 aliphatic rings. The molecule has 1 unspecified atom stereocenters. The van der Waals surface area contributed by atoms with Gasteiger partial charge in [0.05, 0.1) is 11.3 Å². The van der Waals surface area contributed by atoms with E-state index in [1.807, 2.05) is 12.1 Å². The van der Waals surface area contributed by atoms with Crippen molar-refractivity contribution in [1.29, 1.82) is 0 Å². The Morgan fingerprint density at radius 2 is 1.74 bits per heavy atom. The number of nitrogens with two attached hydrogens (primary N) is 1. The van der Waals surface area contributed by atoms with Crippen LogP contribution in [-0.2, 0) is 0 Å². The molecule has 7 nitrogen and oxygen atoms in total. The lowest BCUT2D eigenvalue weighted by Gasteiger charge is -2.37. The maximum absolute atomic E-state index is 11.4. The third-order valence-corrected chi connectivity index (χ3v) is 4.64. The monoisotopic (exact) mass is 371 g/mol. The maximum Gasteiger partial charge on any atom is 0.337 e. The maximum atomic E-state index is 11.4. The van der Waals surface area contributed by atoms with Crippen LogP contribution in [0, 0.1) is 0 Å². The number of nitrogens with zero attached hydrogens (tertiary/aromatic N) is 2. The van der Waals surface area contributed by atoms with Crippen LogP contribution in [-0.4, -0.2) is 66.5 Å². The number of benzene rings is 2. The van der Waals surface area contributed by atoms with Crippen LogP contribution in [0.5, 0.6) is 5.75 Å². The average Bonchev–Trinajstić information content (AvgIpc) is 2.68. The molecule has 0 amide bonds. The van der Waals surface area contributed by atoms with E-state index in [1.165, 1.54) is 0 Å². The van der Waals surface area contributed by atoms with Gasteiger partial charge >= 0.3 is 5.97 Å². The van der Waals surface area contributed by atoms with Gasteiger partial charge in [-0.3, -0.25) is 4.90 Å². The summed E-state index contributed by atoms with van der Waals surface area (Å²) < 4.78 is 5.59. The van der Waals surface area contributed by atoms with E-state index in [0.29, 0.717) is 23.5 Å². The van der Waals surface area contributed by atoms with E-state index in [9.17, 15) is 15.0 Å². The summed E-state index contributed by atoms with van der Waals surface area (Å²) in [7, 11) is 0. The Hall–Kier alpha value is -2.77. The number of piperazine rings is 1. The second-order valence-corrected chi connectivity index (χ2v) is 6.64. The lowest BCUT2D eigenvalue weighted by Crippen LogP contribution is -2.49. The van der Waals surface area contributed by atoms with Crippen molar-refractivity contribution < 1.29 is 19.7 Å². The van der Waals surface area contributed by atoms with Gasteiger partial charge in [-0.15, -0.1) is 0 Å². The molecular weight excluding hydrogens is 346 g/mol. The smallest absolute Gasteiger partial charge is 0.337 e. The Morgan fingerprint density at radius 1 is 1.07 bits per heavy atom. The number of hydrogen-bond donors (Lipinski definition) is 3. The second-order valence-electron chi connectivity index (χ2n) is 6.64. The quantitative estimate of drug-likeness (QED) is 0.635. The first-order chi connectivity index (χ1) is 13.0. The van der Waals surface area contributed by atoms with Crippen LogP contribution < -0.4 is 15.4 Å². The number of carbonyl (C=O) groups is 1. The minimum Gasteiger partial charge on any atom is -0.491 e. The van der Waals surface area contributed by atoms with Crippen LogP contribution >= 0.6 is 0 Å². The van der Waals surface area contributed by atoms with Gasteiger partial charge in [-0.2, -0.15) is 0 Å². The number of aliphatic hydroxyl groups excluding tert-OH is 1. The third kappa shape index (κ3) is 5.12. The van der Waals surface area contributed by atoms with Crippen LogP contribution in [0.15, 0.2) is 48.5 Å². The summed E-state index contributed by atoms with van der Waals surface area (Å²) in [5, 5.41) is 19.6. The predicted octanol–water partition coefficient (Wildman–Crippen LogP) is 1.53. The van der Waals surface area contributed by atoms with Crippen molar-refractivity contribution in [2.24, 2.45) is 0 Å². The number of hydrogen-bond acceptors (Lipinski definition) is 6. The molecule has 1 atom stereocenters. The molecule has 1 heterocycles. The van der Waals surface area contributed by atoms with E-state index in [4.69, 9.17) is 10.5 Å². The SMILES string of the molecule is Nc1ccc(OCC(O)CN2CCN(c3ccccc3C(=O)O)CC2)cc1. The third-order valence-electron chi connectivity index (χ3n) is 4.64. The molecule has 144 valence electrons. The number of aliphatic hydroxyl groups is 1. The van der Waals surface area contributed by atoms with Gasteiger partial charge in [-0.05, 0) is 36.4 Å². The van der Waals surface area contributed by atoms with Gasteiger partial charge in [0.25, 0.3) is 0 Å². The Kier molecular flexibility index (Phi) is 6.16. The molecule has 4 N–H and O–H groups in total. The number of anilines is 2. The first-order valence-corrected chi connectivity index (χ1v) is 8.99. The van der Waals surface area contributed by atoms with Gasteiger partial charge < -0.3 is 25.6 Å². The van der Waals surface area contributed by atoms with E-state index in [2.05, 4.69) is 9.80 Å². The van der Waals surface area contributed by atoms with E-state index in [-0.39, 0.29) is 6.61 Å². The highest BCUT2D eigenvalue weighted by molar-refractivity contribution is 5.94. The van der Waals surface area contributed by atoms with Crippen LogP contribution in [0.3, 0.4) is 0 Å². The summed E-state index contributed by atoms with van der Waals surface area (Å²) in [6.45, 7) is 3.68. The average molecular weight is 371 g/mol. The fraction of sp³-hybridized carbons (Fsp3) is 0.350. The molecule has 2 aromatic rings. The van der Waals surface area contributed by atoms with Crippen molar-refractivity contribution in [2.45, 2.75) is 6.10 Å². The summed E-state index contributed by atoms with van der Waals surface area (Å²) in [5.41, 5.74) is 7.38. The molecule has 0 saturated carbocycles. The number of rotatable bonds is 7. The van der Waals surface area contributed by atoms with Gasteiger partial charge in [0.15, 0.2) is 0 Å². The predicted molar refractivity (Wildman–Crippen MR) is 104 cm³/mol. The Labute approximate surface area is 158 Å². The fourth-order valence-corrected chi connectivity index (χ4v) is 3.21. The fourth-order valence-electron chi connectivity index (χ4n) is 3.21. The highest BCUT2D eigenvalue weighted by atomic mass is 16.5. The summed E-state index contributed by atoms with van der Waals surface area (Å²) >= 11 is 0. The molecule has 2 aromatic carbocycles. The zero-order chi connectivity index (χ0) is 19.2. The minimum atomic E-state index is -0.914. The first-order valence-electron chi connectivity index (χ1n) is 8.99. The molecule has 0 aliphatic carbocycles. The van der Waals surface area contributed by atoms with Crippen LogP contribution in [0.25, 0.3) is 0 Å². The van der Waals surface area contributed by atoms with E-state index >= 15 is 0 Å². The topological polar surface area (TPSA) is 99.3 Å². The molecule has 0 aromatic heterocycles. The molecule has 7 heteroatoms. The lowest BCUT2D eigenvalue weighted by molar-refractivity contribution is 0.0662. The van der Waals surface area contributed by atoms with Gasteiger partial charge in [-0.25, -0.2) is 4.79 Å². The lowest BCUT2D eigenvalue weighted by atomic mass is 10.1. The number of ether oxygens (including phenoxy) is 1. The van der Waals surface area contributed by atoms with Crippen LogP contribution in [0.2, 0.25) is 0 Å². The van der Waals surface area contributed by atoms with Gasteiger partial charge in [-0.1, -0.05) is 12.1 Å². The molecule has 27 heavy (non-hydrogen) atoms. The molecule has 1 saturated heterocycles. The second kappa shape index (κ2) is 8.75. The van der Waals surface area contributed by atoms with Gasteiger partial charge in [0.2, 0.25) is 0 Å². The zero-order valence-corrected chi connectivity index (χ0v) is 15.1. The largest absolute Gasteiger partial charge is 0.491 e. The van der Waals surface area contributed by atoms with Crippen molar-refractivity contribution in [3.63, 3.8) is 0 Å². The first kappa shape index (κ1) is 19.0. The number of β-amino-alcohol motifs (C(OH)–C–C–N with tert-alkyl or cyclic N) is 1. The molecule has 1 fully saturated rings. The van der Waals surface area contributed by atoms with Gasteiger partial charge in [0, 0.05) is 38.4 Å². The summed E-state index contributed by atoms with van der Waals surface area (Å²) in [4.78, 5) is 15.6. The Morgan fingerprint density at radius 3 is 2.41 bits per heavy atom. The van der Waals surface area contributed by atoms with Crippen molar-refractivity contribution >= 4 is 17.3 Å². The highest BCUT2D eigenvalue weighted by Crippen LogP contribution is 2.22. The summed E-state index contributed by atoms with van der Waals surface area (Å²) in [6, 6.07) is 14.1. The Balaban J connectivity index is 1.46. The summed E-state index contributed by atoms with van der Waals surface area (Å²) in [6.07, 6.45) is -0.597. The Bertz CT molecular complexity index is 758. The van der Waals surface area contributed by atoms with Crippen molar-refractivity contribution in [3.8, 4) is 5.75 Å². The zero-order valence-electron chi connectivity index (χ0n) is 15.1. The van der Waals surface area contributed by atoms with E-state index < -0.39 is 12.1 Å². The summed E-state index contributed by atoms with van der Waals surface area (Å²) in [5.74, 6) is -0.235. The standard InChI is InChI=1S/C20H25N3O4/c21-15-5-7-17(8-6-15)27-14-16(24)13-22-9-11-23(12-10-22)19-4-2-1-3-18(19)20(25)26/h1-8,16,24H,9-14,21H2,(H,25,26). The molecule has 0 bridgehead atoms. The number of carboxylic acid groups (broad SMARTS) is 1. The van der Waals surface area contributed by atoms with Crippen molar-refractivity contribution in [3.05, 3.63) is 54.1 Å². The molecule has 1 aliphatic heterocycles. The highest BCUT2D eigenvalue weighted by Gasteiger charge is 2.22. The van der Waals surface area contributed by atoms with E-state index in [0.717, 1.165) is 31.9 Å². The molecular formula is C20H25N3O4. The van der Waals surface area contributed by atoms with Crippen LogP contribution in [0.4, 0.5) is 11.4 Å². The number of carboxylic acids is 1. The molecule has 0 radical (unpaired) electrons. The van der Waals surface area contributed by atoms with E-state index in [1.54, 1.807) is 36.4 Å². The number of nitrogen functional groups attached to an aromatic ring is 1. The van der Waals surface area contributed by atoms with Crippen molar-refractivity contribution in [2.75, 3.05) is 50.0 Å². The van der Waals surface area contributed by atoms with Crippen molar-refractivity contribution in [1.82, 2.24) is 4.90 Å². The van der Waals surface area contributed by atoms with Crippen LogP contribution in [0.1, 0.15) is 10.4 Å². The number of para-hydroxylation sites is 1. The van der Waals surface area contributed by atoms with Gasteiger partial charge in [0.1, 0.15) is 18.5 Å². The molecule has 0 spiro atoms.